The molecule has 3 rings (SSSR count). The Balaban J connectivity index is 2.16. The number of benzene rings is 1. The highest BCUT2D eigenvalue weighted by atomic mass is 79.9. The highest BCUT2D eigenvalue weighted by molar-refractivity contribution is 9.10. The average Bonchev–Trinajstić information content (AvgIpc) is 2.95. The second kappa shape index (κ2) is 6.04. The molecular weight excluding hydrogens is 342 g/mol. The molecule has 0 atom stereocenters. The molecule has 0 aliphatic rings. The first-order valence-corrected chi connectivity index (χ1v) is 7.39. The molecule has 0 aliphatic carbocycles. The van der Waals surface area contributed by atoms with Crippen molar-refractivity contribution >= 4 is 38.5 Å². The van der Waals surface area contributed by atoms with E-state index >= 15 is 0 Å². The van der Waals surface area contributed by atoms with Crippen molar-refractivity contribution in [2.45, 2.75) is 0 Å². The number of allylic oxidation sites excluding steroid dienone is 1. The zero-order valence-corrected chi connectivity index (χ0v) is 13.4. The van der Waals surface area contributed by atoms with Gasteiger partial charge in [0, 0.05) is 45.1 Å². The number of hydrogen-bond donors (Lipinski definition) is 1. The summed E-state index contributed by atoms with van der Waals surface area (Å²) in [6.45, 7) is 0. The van der Waals surface area contributed by atoms with Gasteiger partial charge in [-0.3, -0.25) is 4.98 Å². The van der Waals surface area contributed by atoms with Crippen molar-refractivity contribution in [3.8, 4) is 11.8 Å². The molecule has 0 unspecified atom stereocenters. The van der Waals surface area contributed by atoms with Crippen LogP contribution in [0.25, 0.3) is 22.6 Å². The molecule has 0 saturated carbocycles. The van der Waals surface area contributed by atoms with E-state index in [9.17, 15) is 5.26 Å². The summed E-state index contributed by atoms with van der Waals surface area (Å²) in [5.74, 6) is 0.684. The predicted octanol–water partition coefficient (Wildman–Crippen LogP) is 4.40. The summed E-state index contributed by atoms with van der Waals surface area (Å²) >= 11 is 3.47. The molecule has 4 nitrogen and oxygen atoms in total. The van der Waals surface area contributed by atoms with E-state index in [4.69, 9.17) is 4.74 Å². The Kier molecular flexibility index (Phi) is 3.94. The number of ether oxygens (including phenoxy) is 1. The monoisotopic (exact) mass is 353 g/mol. The van der Waals surface area contributed by atoms with E-state index in [0.717, 1.165) is 26.5 Å². The molecule has 5 heteroatoms. The van der Waals surface area contributed by atoms with Gasteiger partial charge in [-0.1, -0.05) is 15.9 Å². The molecular formula is C17H12BrN3O. The second-order valence-corrected chi connectivity index (χ2v) is 5.60. The van der Waals surface area contributed by atoms with E-state index in [0.29, 0.717) is 11.3 Å². The maximum atomic E-state index is 9.55. The van der Waals surface area contributed by atoms with Crippen molar-refractivity contribution in [2.24, 2.45) is 0 Å². The van der Waals surface area contributed by atoms with Crippen LogP contribution in [0.2, 0.25) is 0 Å². The topological polar surface area (TPSA) is 61.7 Å². The van der Waals surface area contributed by atoms with Crippen molar-refractivity contribution < 1.29 is 4.74 Å². The average molecular weight is 354 g/mol. The Morgan fingerprint density at radius 2 is 2.27 bits per heavy atom. The molecule has 108 valence electrons. The van der Waals surface area contributed by atoms with Gasteiger partial charge in [0.15, 0.2) is 0 Å². The number of pyridine rings is 1. The molecule has 22 heavy (non-hydrogen) atoms. The van der Waals surface area contributed by atoms with Crippen LogP contribution in [-0.2, 0) is 0 Å². The Bertz CT molecular complexity index is 906. The van der Waals surface area contributed by atoms with Crippen molar-refractivity contribution in [3.63, 3.8) is 0 Å². The van der Waals surface area contributed by atoms with Crippen molar-refractivity contribution in [2.75, 3.05) is 7.11 Å². The number of nitrogens with one attached hydrogen (secondary N) is 1. The van der Waals surface area contributed by atoms with Crippen molar-refractivity contribution in [1.29, 1.82) is 5.26 Å². The Labute approximate surface area is 136 Å². The molecule has 2 aromatic heterocycles. The number of rotatable bonds is 3. The van der Waals surface area contributed by atoms with Crippen LogP contribution in [0.5, 0.6) is 5.75 Å². The van der Waals surface area contributed by atoms with E-state index in [1.54, 1.807) is 31.6 Å². The highest BCUT2D eigenvalue weighted by Gasteiger charge is 2.10. The fraction of sp³-hybridized carbons (Fsp3) is 0.0588. The molecule has 0 radical (unpaired) electrons. The summed E-state index contributed by atoms with van der Waals surface area (Å²) in [6, 6.07) is 9.96. The molecule has 3 aromatic rings. The largest absolute Gasteiger partial charge is 0.496 e. The van der Waals surface area contributed by atoms with E-state index in [1.165, 1.54) is 0 Å². The number of aromatic amines is 1. The molecule has 0 spiro atoms. The number of fused-ring (bicyclic) bond motifs is 1. The van der Waals surface area contributed by atoms with Crippen LogP contribution in [0.3, 0.4) is 0 Å². The number of nitrogens with zero attached hydrogens (tertiary/aromatic N) is 2. The molecule has 1 aromatic carbocycles. The van der Waals surface area contributed by atoms with Crippen LogP contribution >= 0.6 is 15.9 Å². The summed E-state index contributed by atoms with van der Waals surface area (Å²) in [5, 5.41) is 10.5. The quantitative estimate of drug-likeness (QED) is 0.709. The minimum atomic E-state index is 0.552. The first kappa shape index (κ1) is 14.4. The fourth-order valence-electron chi connectivity index (χ4n) is 2.33. The minimum Gasteiger partial charge on any atom is -0.496 e. The molecule has 0 saturated heterocycles. The van der Waals surface area contributed by atoms with Crippen LogP contribution in [0.4, 0.5) is 0 Å². The maximum absolute atomic E-state index is 9.55. The van der Waals surface area contributed by atoms with Crippen LogP contribution in [0.1, 0.15) is 11.1 Å². The third-order valence-electron chi connectivity index (χ3n) is 3.38. The van der Waals surface area contributed by atoms with Crippen LogP contribution in [0.15, 0.2) is 47.3 Å². The molecule has 0 fully saturated rings. The summed E-state index contributed by atoms with van der Waals surface area (Å²) in [7, 11) is 1.60. The summed E-state index contributed by atoms with van der Waals surface area (Å²) < 4.78 is 6.27. The van der Waals surface area contributed by atoms with Gasteiger partial charge in [0.2, 0.25) is 0 Å². The summed E-state index contributed by atoms with van der Waals surface area (Å²) in [6.07, 6.45) is 6.97. The number of hydrogen-bond acceptors (Lipinski definition) is 3. The lowest BCUT2D eigenvalue weighted by Crippen LogP contribution is -1.89. The predicted molar refractivity (Wildman–Crippen MR) is 90.3 cm³/mol. The summed E-state index contributed by atoms with van der Waals surface area (Å²) in [4.78, 5) is 7.27. The van der Waals surface area contributed by atoms with Gasteiger partial charge in [0.25, 0.3) is 0 Å². The SMILES string of the molecule is COc1ccncc1/C=C(\C#N)c1c[nH]c2ccc(Br)cc12. The van der Waals surface area contributed by atoms with Gasteiger partial charge in [-0.05, 0) is 30.3 Å². The number of nitriles is 1. The highest BCUT2D eigenvalue weighted by Crippen LogP contribution is 2.30. The standard InChI is InChI=1S/C17H12BrN3O/c1-22-17-4-5-20-9-12(17)6-11(8-19)15-10-21-16-3-2-13(18)7-14(15)16/h2-7,9-10,21H,1H3/b11-6+. The first-order chi connectivity index (χ1) is 10.7. The lowest BCUT2D eigenvalue weighted by atomic mass is 10.0. The van der Waals surface area contributed by atoms with Gasteiger partial charge in [-0.15, -0.1) is 0 Å². The van der Waals surface area contributed by atoms with Crippen molar-refractivity contribution in [3.05, 3.63) is 58.5 Å². The van der Waals surface area contributed by atoms with Gasteiger partial charge < -0.3 is 9.72 Å². The fourth-order valence-corrected chi connectivity index (χ4v) is 2.69. The first-order valence-electron chi connectivity index (χ1n) is 6.59. The van der Waals surface area contributed by atoms with Gasteiger partial charge >= 0.3 is 0 Å². The minimum absolute atomic E-state index is 0.552. The third kappa shape index (κ3) is 2.61. The molecule has 2 heterocycles. The van der Waals surface area contributed by atoms with Gasteiger partial charge in [-0.25, -0.2) is 0 Å². The zero-order valence-electron chi connectivity index (χ0n) is 11.8. The Morgan fingerprint density at radius 3 is 3.05 bits per heavy atom. The molecule has 0 bridgehead atoms. The van der Waals surface area contributed by atoms with E-state index < -0.39 is 0 Å². The van der Waals surface area contributed by atoms with Gasteiger partial charge in [0.05, 0.1) is 18.8 Å². The van der Waals surface area contributed by atoms with Crippen molar-refractivity contribution in [1.82, 2.24) is 9.97 Å². The maximum Gasteiger partial charge on any atom is 0.129 e. The number of halogens is 1. The third-order valence-corrected chi connectivity index (χ3v) is 3.88. The smallest absolute Gasteiger partial charge is 0.129 e. The van der Waals surface area contributed by atoms with E-state index in [1.807, 2.05) is 24.4 Å². The van der Waals surface area contributed by atoms with Crippen LogP contribution in [0, 0.1) is 11.3 Å². The van der Waals surface area contributed by atoms with Crippen LogP contribution in [-0.4, -0.2) is 17.1 Å². The van der Waals surface area contributed by atoms with Gasteiger partial charge in [0.1, 0.15) is 5.75 Å². The Morgan fingerprint density at radius 1 is 1.41 bits per heavy atom. The normalized spacial score (nSPS) is 11.4. The van der Waals surface area contributed by atoms with Crippen LogP contribution < -0.4 is 4.74 Å². The molecule has 0 aliphatic heterocycles. The second-order valence-electron chi connectivity index (χ2n) is 4.68. The molecule has 0 amide bonds. The Hall–Kier alpha value is -2.58. The lowest BCUT2D eigenvalue weighted by molar-refractivity contribution is 0.413. The number of aromatic nitrogens is 2. The van der Waals surface area contributed by atoms with E-state index in [-0.39, 0.29) is 0 Å². The molecule has 1 N–H and O–H groups in total. The number of H-pyrrole nitrogens is 1. The zero-order chi connectivity index (χ0) is 15.5. The lowest BCUT2D eigenvalue weighted by Gasteiger charge is -2.04. The van der Waals surface area contributed by atoms with E-state index in [2.05, 4.69) is 32.0 Å². The van der Waals surface area contributed by atoms with Gasteiger partial charge in [-0.2, -0.15) is 5.26 Å². The number of methoxy groups -OCH3 is 1. The summed E-state index contributed by atoms with van der Waals surface area (Å²) in [5.41, 5.74) is 3.16.